The van der Waals surface area contributed by atoms with Crippen molar-refractivity contribution < 1.29 is 9.69 Å². The minimum absolute atomic E-state index is 0.0717. The van der Waals surface area contributed by atoms with Crippen LogP contribution >= 0.6 is 22.6 Å². The van der Waals surface area contributed by atoms with E-state index >= 15 is 0 Å². The van der Waals surface area contributed by atoms with E-state index in [1.807, 2.05) is 24.3 Å². The summed E-state index contributed by atoms with van der Waals surface area (Å²) in [5, 5.41) is 3.17. The molecule has 0 saturated carbocycles. The molecule has 1 aromatic carbocycles. The van der Waals surface area contributed by atoms with Gasteiger partial charge >= 0.3 is 0 Å². The number of quaternary nitrogens is 1. The lowest BCUT2D eigenvalue weighted by atomic mass is 10.0. The maximum Gasteiger partial charge on any atom is 0.251 e. The van der Waals surface area contributed by atoms with Crippen molar-refractivity contribution in [2.75, 3.05) is 19.6 Å². The molecule has 1 heterocycles. The molecule has 3 nitrogen and oxygen atoms in total. The first-order chi connectivity index (χ1) is 9.19. The molecule has 1 fully saturated rings. The van der Waals surface area contributed by atoms with E-state index in [2.05, 4.69) is 34.8 Å². The van der Waals surface area contributed by atoms with Gasteiger partial charge in [0.05, 0.1) is 19.6 Å². The van der Waals surface area contributed by atoms with E-state index in [4.69, 9.17) is 0 Å². The van der Waals surface area contributed by atoms with Gasteiger partial charge in [0.2, 0.25) is 0 Å². The molecule has 2 N–H and O–H groups in total. The molecule has 0 aromatic heterocycles. The lowest BCUT2D eigenvalue weighted by Crippen LogP contribution is -3.13. The van der Waals surface area contributed by atoms with E-state index in [-0.39, 0.29) is 5.91 Å². The van der Waals surface area contributed by atoms with E-state index in [0.29, 0.717) is 6.04 Å². The Morgan fingerprint density at radius 1 is 1.42 bits per heavy atom. The average molecular weight is 373 g/mol. The van der Waals surface area contributed by atoms with Crippen molar-refractivity contribution >= 4 is 28.5 Å². The van der Waals surface area contributed by atoms with E-state index in [1.165, 1.54) is 26.1 Å². The van der Waals surface area contributed by atoms with E-state index in [1.54, 1.807) is 4.90 Å². The Balaban J connectivity index is 1.84. The van der Waals surface area contributed by atoms with Crippen molar-refractivity contribution in [3.8, 4) is 0 Å². The summed E-state index contributed by atoms with van der Waals surface area (Å²) < 4.78 is 1.10. The monoisotopic (exact) mass is 373 g/mol. The first-order valence-electron chi connectivity index (χ1n) is 7.09. The van der Waals surface area contributed by atoms with Gasteiger partial charge in [-0.3, -0.25) is 4.79 Å². The molecule has 2 rings (SSSR count). The molecule has 0 radical (unpaired) electrons. The van der Waals surface area contributed by atoms with Gasteiger partial charge in [-0.05, 0) is 47.2 Å². The molecule has 1 aromatic rings. The summed E-state index contributed by atoms with van der Waals surface area (Å²) in [6.45, 7) is 5.87. The van der Waals surface area contributed by atoms with Crippen molar-refractivity contribution in [1.82, 2.24) is 5.32 Å². The second kappa shape index (κ2) is 7.24. The maximum atomic E-state index is 12.2. The van der Waals surface area contributed by atoms with E-state index in [9.17, 15) is 4.79 Å². The van der Waals surface area contributed by atoms with Gasteiger partial charge < -0.3 is 10.2 Å². The lowest BCUT2D eigenvalue weighted by molar-refractivity contribution is -0.905. The highest BCUT2D eigenvalue weighted by molar-refractivity contribution is 14.1. The fraction of sp³-hybridized carbons (Fsp3) is 0.533. The number of piperidine rings is 1. The molecule has 0 unspecified atom stereocenters. The van der Waals surface area contributed by atoms with Crippen molar-refractivity contribution in [3.63, 3.8) is 0 Å². The van der Waals surface area contributed by atoms with Crippen LogP contribution < -0.4 is 10.2 Å². The molecule has 1 aliphatic rings. The van der Waals surface area contributed by atoms with Crippen LogP contribution in [0.4, 0.5) is 0 Å². The molecule has 104 valence electrons. The van der Waals surface area contributed by atoms with Gasteiger partial charge in [0.15, 0.2) is 0 Å². The molecule has 0 atom stereocenters. The van der Waals surface area contributed by atoms with Crippen molar-refractivity contribution in [2.24, 2.45) is 0 Å². The van der Waals surface area contributed by atoms with Crippen LogP contribution in [0.2, 0.25) is 0 Å². The minimum Gasteiger partial charge on any atom is -0.349 e. The third-order valence-corrected chi connectivity index (χ3v) is 4.39. The third-order valence-electron chi connectivity index (χ3n) is 3.72. The van der Waals surface area contributed by atoms with Crippen LogP contribution in [0.25, 0.3) is 0 Å². The first-order valence-corrected chi connectivity index (χ1v) is 8.17. The summed E-state index contributed by atoms with van der Waals surface area (Å²) in [5.74, 6) is 0.0717. The van der Waals surface area contributed by atoms with Crippen molar-refractivity contribution in [3.05, 3.63) is 33.4 Å². The lowest BCUT2D eigenvalue weighted by Gasteiger charge is -2.29. The normalized spacial score (nSPS) is 23.1. The quantitative estimate of drug-likeness (QED) is 0.771. The zero-order chi connectivity index (χ0) is 13.7. The minimum atomic E-state index is 0.0717. The van der Waals surface area contributed by atoms with Gasteiger partial charge in [0.25, 0.3) is 5.91 Å². The van der Waals surface area contributed by atoms with Crippen LogP contribution in [0.15, 0.2) is 24.3 Å². The molecular weight excluding hydrogens is 351 g/mol. The Labute approximate surface area is 128 Å². The molecule has 1 aliphatic heterocycles. The number of halogens is 1. The Hall–Kier alpha value is -0.620. The molecule has 0 aliphatic carbocycles. The number of amides is 1. The van der Waals surface area contributed by atoms with Crippen molar-refractivity contribution in [2.45, 2.75) is 32.2 Å². The van der Waals surface area contributed by atoms with E-state index in [0.717, 1.165) is 22.0 Å². The summed E-state index contributed by atoms with van der Waals surface area (Å²) >= 11 is 2.24. The van der Waals surface area contributed by atoms with Gasteiger partial charge in [-0.1, -0.05) is 13.0 Å². The Morgan fingerprint density at radius 2 is 2.16 bits per heavy atom. The number of carbonyl (C=O) groups is 1. The fourth-order valence-electron chi connectivity index (χ4n) is 2.67. The number of benzene rings is 1. The number of carbonyl (C=O) groups excluding carboxylic acids is 1. The average Bonchev–Trinajstić information content (AvgIpc) is 2.41. The number of rotatable bonds is 4. The van der Waals surface area contributed by atoms with Crippen LogP contribution in [0, 0.1) is 3.57 Å². The maximum absolute atomic E-state index is 12.2. The molecule has 19 heavy (non-hydrogen) atoms. The molecule has 1 saturated heterocycles. The van der Waals surface area contributed by atoms with Gasteiger partial charge in [0.1, 0.15) is 0 Å². The zero-order valence-electron chi connectivity index (χ0n) is 11.4. The van der Waals surface area contributed by atoms with Gasteiger partial charge in [-0.2, -0.15) is 0 Å². The second-order valence-corrected chi connectivity index (χ2v) is 6.50. The summed E-state index contributed by atoms with van der Waals surface area (Å²) in [7, 11) is 0. The van der Waals surface area contributed by atoms with Crippen LogP contribution in [0.3, 0.4) is 0 Å². The molecule has 1 amide bonds. The van der Waals surface area contributed by atoms with E-state index < -0.39 is 0 Å². The Bertz CT molecular complexity index is 428. The van der Waals surface area contributed by atoms with Gasteiger partial charge in [-0.15, -0.1) is 0 Å². The predicted molar refractivity (Wildman–Crippen MR) is 85.5 cm³/mol. The molecule has 0 spiro atoms. The summed E-state index contributed by atoms with van der Waals surface area (Å²) in [6.07, 6.45) is 3.45. The predicted octanol–water partition coefficient (Wildman–Crippen LogP) is 1.48. The molecule has 0 bridgehead atoms. The highest BCUT2D eigenvalue weighted by atomic mass is 127. The first kappa shape index (κ1) is 14.8. The topological polar surface area (TPSA) is 33.5 Å². The number of hydrogen-bond donors (Lipinski definition) is 2. The highest BCUT2D eigenvalue weighted by Crippen LogP contribution is 2.09. The van der Waals surface area contributed by atoms with Crippen LogP contribution in [0.1, 0.15) is 36.5 Å². The summed E-state index contributed by atoms with van der Waals surface area (Å²) in [6, 6.07) is 8.11. The number of hydrogen-bond acceptors (Lipinski definition) is 1. The SMILES string of the molecule is CCC[NH+]1CCC(NC(=O)c2cccc(I)c2)CC1. The Kier molecular flexibility index (Phi) is 5.63. The van der Waals surface area contributed by atoms with Crippen LogP contribution in [-0.2, 0) is 0 Å². The summed E-state index contributed by atoms with van der Waals surface area (Å²) in [4.78, 5) is 13.8. The van der Waals surface area contributed by atoms with Crippen molar-refractivity contribution in [1.29, 1.82) is 0 Å². The molecular formula is C15H22IN2O+. The Morgan fingerprint density at radius 3 is 2.79 bits per heavy atom. The fourth-order valence-corrected chi connectivity index (χ4v) is 3.22. The zero-order valence-corrected chi connectivity index (χ0v) is 13.6. The standard InChI is InChI=1S/C15H21IN2O/c1-2-8-18-9-6-14(7-10-18)17-15(19)12-4-3-5-13(16)11-12/h3-5,11,14H,2,6-10H2,1H3,(H,17,19)/p+1. The van der Waals surface area contributed by atoms with Crippen LogP contribution in [-0.4, -0.2) is 31.6 Å². The largest absolute Gasteiger partial charge is 0.349 e. The molecule has 4 heteroatoms. The number of nitrogens with one attached hydrogen (secondary N) is 2. The third kappa shape index (κ3) is 4.45. The summed E-state index contributed by atoms with van der Waals surface area (Å²) in [5.41, 5.74) is 0.773. The smallest absolute Gasteiger partial charge is 0.251 e. The van der Waals surface area contributed by atoms with Crippen LogP contribution in [0.5, 0.6) is 0 Å². The highest BCUT2D eigenvalue weighted by Gasteiger charge is 2.23. The van der Waals surface area contributed by atoms with Gasteiger partial charge in [-0.25, -0.2) is 0 Å². The van der Waals surface area contributed by atoms with Gasteiger partial charge in [0, 0.05) is 28.0 Å². The second-order valence-electron chi connectivity index (χ2n) is 5.26. The number of likely N-dealkylation sites (tertiary alicyclic amines) is 1.